The van der Waals surface area contributed by atoms with Gasteiger partial charge >= 0.3 is 0 Å². The Morgan fingerprint density at radius 3 is 2.72 bits per heavy atom. The van der Waals surface area contributed by atoms with Gasteiger partial charge in [0.15, 0.2) is 5.96 Å². The molecule has 1 aromatic rings. The van der Waals surface area contributed by atoms with E-state index >= 15 is 0 Å². The third-order valence-corrected chi connectivity index (χ3v) is 6.29. The number of methoxy groups -OCH3 is 1. The van der Waals surface area contributed by atoms with Crippen molar-refractivity contribution in [3.05, 3.63) is 35.6 Å². The molecular formula is C22H35FN4O2. The van der Waals surface area contributed by atoms with Crippen molar-refractivity contribution in [3.8, 4) is 0 Å². The average Bonchev–Trinajstić information content (AvgIpc) is 2.72. The van der Waals surface area contributed by atoms with E-state index in [0.29, 0.717) is 25.2 Å². The molecule has 7 heteroatoms. The highest BCUT2D eigenvalue weighted by Crippen LogP contribution is 2.43. The molecule has 0 aromatic heterocycles. The third kappa shape index (κ3) is 6.14. The maximum atomic E-state index is 13.8. The Bertz CT molecular complexity index is 660. The summed E-state index contributed by atoms with van der Waals surface area (Å²) in [6.45, 7) is 5.46. The number of morpholine rings is 1. The van der Waals surface area contributed by atoms with Crippen LogP contribution in [0.15, 0.2) is 29.3 Å². The van der Waals surface area contributed by atoms with E-state index in [1.165, 1.54) is 25.3 Å². The van der Waals surface area contributed by atoms with Gasteiger partial charge < -0.3 is 20.1 Å². The summed E-state index contributed by atoms with van der Waals surface area (Å²) in [5, 5.41) is 6.97. The van der Waals surface area contributed by atoms with Crippen LogP contribution >= 0.6 is 0 Å². The van der Waals surface area contributed by atoms with Crippen molar-refractivity contribution >= 4 is 5.96 Å². The predicted molar refractivity (Wildman–Crippen MR) is 114 cm³/mol. The minimum atomic E-state index is -0.201. The minimum Gasteiger partial charge on any atom is -0.385 e. The van der Waals surface area contributed by atoms with Gasteiger partial charge in [0.2, 0.25) is 0 Å². The molecular weight excluding hydrogens is 371 g/mol. The van der Waals surface area contributed by atoms with Gasteiger partial charge in [-0.25, -0.2) is 4.39 Å². The van der Waals surface area contributed by atoms with Gasteiger partial charge in [0, 0.05) is 46.9 Å². The highest BCUT2D eigenvalue weighted by molar-refractivity contribution is 5.79. The molecule has 29 heavy (non-hydrogen) atoms. The number of hydrogen-bond acceptors (Lipinski definition) is 4. The molecule has 6 nitrogen and oxygen atoms in total. The summed E-state index contributed by atoms with van der Waals surface area (Å²) in [5.41, 5.74) is 1.30. The van der Waals surface area contributed by atoms with Gasteiger partial charge in [-0.1, -0.05) is 18.6 Å². The van der Waals surface area contributed by atoms with Gasteiger partial charge in [-0.15, -0.1) is 0 Å². The first kappa shape index (κ1) is 22.0. The summed E-state index contributed by atoms with van der Waals surface area (Å²) in [6, 6.07) is 6.97. The van der Waals surface area contributed by atoms with E-state index < -0.39 is 0 Å². The highest BCUT2D eigenvalue weighted by atomic mass is 19.1. The number of ether oxygens (including phenoxy) is 2. The minimum absolute atomic E-state index is 0.0688. The van der Waals surface area contributed by atoms with Gasteiger partial charge in [0.05, 0.1) is 19.3 Å². The lowest BCUT2D eigenvalue weighted by Gasteiger charge is -2.42. The molecule has 0 amide bonds. The van der Waals surface area contributed by atoms with Crippen LogP contribution < -0.4 is 10.6 Å². The zero-order valence-electron chi connectivity index (χ0n) is 17.8. The van der Waals surface area contributed by atoms with Crippen LogP contribution in [-0.4, -0.2) is 71.0 Å². The molecule has 1 unspecified atom stereocenters. The first-order chi connectivity index (χ1) is 14.2. The fraction of sp³-hybridized carbons (Fsp3) is 0.682. The van der Waals surface area contributed by atoms with E-state index in [4.69, 9.17) is 9.47 Å². The molecule has 0 spiro atoms. The standard InChI is InChI=1S/C22H35FN4O2/c1-24-21(26-17-22(7-4-8-22)9-12-28-2)25-16-20(27-10-13-29-14-11-27)18-5-3-6-19(23)15-18/h3,5-6,15,20H,4,7-14,16-17H2,1-2H3,(H2,24,25,26). The number of halogens is 1. The van der Waals surface area contributed by atoms with Crippen molar-refractivity contribution in [2.75, 3.05) is 60.2 Å². The van der Waals surface area contributed by atoms with E-state index in [1.807, 2.05) is 6.07 Å². The molecule has 0 bridgehead atoms. The normalized spacial score (nSPS) is 20.7. The Hall–Kier alpha value is -1.70. The van der Waals surface area contributed by atoms with Gasteiger partial charge in [-0.05, 0) is 42.4 Å². The second-order valence-electron chi connectivity index (χ2n) is 8.12. The van der Waals surface area contributed by atoms with Crippen LogP contribution in [0, 0.1) is 11.2 Å². The number of hydrogen-bond donors (Lipinski definition) is 2. The van der Waals surface area contributed by atoms with Crippen LogP contribution in [-0.2, 0) is 9.47 Å². The summed E-state index contributed by atoms with van der Waals surface area (Å²) >= 11 is 0. The molecule has 2 N–H and O–H groups in total. The Morgan fingerprint density at radius 2 is 2.10 bits per heavy atom. The van der Waals surface area contributed by atoms with Crippen molar-refractivity contribution < 1.29 is 13.9 Å². The Morgan fingerprint density at radius 1 is 1.31 bits per heavy atom. The maximum absolute atomic E-state index is 13.8. The van der Waals surface area contributed by atoms with E-state index in [1.54, 1.807) is 26.3 Å². The molecule has 1 saturated heterocycles. The Labute approximate surface area is 173 Å². The van der Waals surface area contributed by atoms with Gasteiger partial charge in [0.25, 0.3) is 0 Å². The zero-order valence-corrected chi connectivity index (χ0v) is 17.8. The molecule has 162 valence electrons. The summed E-state index contributed by atoms with van der Waals surface area (Å²) < 4.78 is 24.6. The van der Waals surface area contributed by atoms with Crippen molar-refractivity contribution in [3.63, 3.8) is 0 Å². The number of rotatable bonds is 9. The third-order valence-electron chi connectivity index (χ3n) is 6.29. The van der Waals surface area contributed by atoms with E-state index in [9.17, 15) is 4.39 Å². The van der Waals surface area contributed by atoms with Crippen LogP contribution in [0.5, 0.6) is 0 Å². The summed E-state index contributed by atoms with van der Waals surface area (Å²) in [7, 11) is 3.56. The summed E-state index contributed by atoms with van der Waals surface area (Å²) in [4.78, 5) is 6.76. The van der Waals surface area contributed by atoms with E-state index in [-0.39, 0.29) is 11.9 Å². The molecule has 2 aliphatic rings. The molecule has 1 aliphatic heterocycles. The number of benzene rings is 1. The van der Waals surface area contributed by atoms with Gasteiger partial charge in [0.1, 0.15) is 5.82 Å². The second-order valence-corrected chi connectivity index (χ2v) is 8.12. The highest BCUT2D eigenvalue weighted by Gasteiger charge is 2.36. The van der Waals surface area contributed by atoms with Crippen LogP contribution in [0.4, 0.5) is 4.39 Å². The van der Waals surface area contributed by atoms with Crippen molar-refractivity contribution in [1.29, 1.82) is 0 Å². The Kier molecular flexibility index (Phi) is 8.27. The maximum Gasteiger partial charge on any atom is 0.191 e. The monoisotopic (exact) mass is 406 g/mol. The predicted octanol–water partition coefficient (Wildman–Crippen LogP) is 2.57. The number of nitrogens with zero attached hydrogens (tertiary/aromatic N) is 2. The Balaban J connectivity index is 1.59. The van der Waals surface area contributed by atoms with Gasteiger partial charge in [-0.2, -0.15) is 0 Å². The van der Waals surface area contributed by atoms with E-state index in [0.717, 1.165) is 44.2 Å². The molecule has 3 rings (SSSR count). The van der Waals surface area contributed by atoms with E-state index in [2.05, 4.69) is 20.5 Å². The molecule has 1 aliphatic carbocycles. The lowest BCUT2D eigenvalue weighted by atomic mass is 9.67. The quantitative estimate of drug-likeness (QED) is 0.488. The second kappa shape index (κ2) is 10.9. The molecule has 1 saturated carbocycles. The topological polar surface area (TPSA) is 58.1 Å². The average molecular weight is 407 g/mol. The molecule has 1 aromatic carbocycles. The first-order valence-electron chi connectivity index (χ1n) is 10.7. The summed E-state index contributed by atoms with van der Waals surface area (Å²) in [6.07, 6.45) is 4.84. The van der Waals surface area contributed by atoms with Crippen molar-refractivity contribution in [1.82, 2.24) is 15.5 Å². The van der Waals surface area contributed by atoms with Crippen molar-refractivity contribution in [2.24, 2.45) is 10.4 Å². The number of nitrogens with one attached hydrogen (secondary N) is 2. The van der Waals surface area contributed by atoms with Crippen LogP contribution in [0.2, 0.25) is 0 Å². The van der Waals surface area contributed by atoms with Crippen LogP contribution in [0.1, 0.15) is 37.3 Å². The lowest BCUT2D eigenvalue weighted by Crippen LogP contribution is -2.49. The first-order valence-corrected chi connectivity index (χ1v) is 10.7. The van der Waals surface area contributed by atoms with Crippen molar-refractivity contribution in [2.45, 2.75) is 31.7 Å². The summed E-state index contributed by atoms with van der Waals surface area (Å²) in [5.74, 6) is 0.594. The molecule has 2 fully saturated rings. The SMILES string of the molecule is CN=C(NCC(c1cccc(F)c1)N1CCOCC1)NCC1(CCOC)CCC1. The molecule has 1 heterocycles. The molecule has 0 radical (unpaired) electrons. The van der Waals surface area contributed by atoms with Crippen LogP contribution in [0.25, 0.3) is 0 Å². The fourth-order valence-corrected chi connectivity index (χ4v) is 4.26. The van der Waals surface area contributed by atoms with Crippen LogP contribution in [0.3, 0.4) is 0 Å². The smallest absolute Gasteiger partial charge is 0.191 e. The molecule has 1 atom stereocenters. The number of guanidine groups is 1. The fourth-order valence-electron chi connectivity index (χ4n) is 4.26. The number of aliphatic imine (C=N–C) groups is 1. The largest absolute Gasteiger partial charge is 0.385 e. The zero-order chi connectivity index (χ0) is 20.5. The lowest BCUT2D eigenvalue weighted by molar-refractivity contribution is 0.0169. The van der Waals surface area contributed by atoms with Gasteiger partial charge in [-0.3, -0.25) is 9.89 Å².